The van der Waals surface area contributed by atoms with Gasteiger partial charge >= 0.3 is 5.97 Å². The van der Waals surface area contributed by atoms with E-state index in [2.05, 4.69) is 20.8 Å². The van der Waals surface area contributed by atoms with Gasteiger partial charge in [0.05, 0.1) is 0 Å². The van der Waals surface area contributed by atoms with Crippen LogP contribution in [-0.2, 0) is 14.3 Å². The molecule has 24 heavy (non-hydrogen) atoms. The van der Waals surface area contributed by atoms with Gasteiger partial charge in [0.2, 0.25) is 5.91 Å². The van der Waals surface area contributed by atoms with E-state index in [0.29, 0.717) is 12.5 Å². The molecule has 0 aromatic carbocycles. The van der Waals surface area contributed by atoms with E-state index in [9.17, 15) is 9.59 Å². The first-order valence-corrected chi connectivity index (χ1v) is 9.50. The smallest absolute Gasteiger partial charge is 0.329 e. The highest BCUT2D eigenvalue weighted by Gasteiger charge is 2.63. The van der Waals surface area contributed by atoms with Crippen molar-refractivity contribution in [1.29, 1.82) is 0 Å². The number of carbonyl (C=O) groups is 2. The van der Waals surface area contributed by atoms with Gasteiger partial charge in [-0.2, -0.15) is 0 Å². The van der Waals surface area contributed by atoms with Crippen molar-refractivity contribution in [3.63, 3.8) is 0 Å². The van der Waals surface area contributed by atoms with Gasteiger partial charge in [0, 0.05) is 17.4 Å². The highest BCUT2D eigenvalue weighted by molar-refractivity contribution is 5.88. The molecule has 4 heteroatoms. The van der Waals surface area contributed by atoms with E-state index >= 15 is 0 Å². The van der Waals surface area contributed by atoms with E-state index in [1.807, 2.05) is 20.8 Å². The van der Waals surface area contributed by atoms with Crippen LogP contribution in [0.25, 0.3) is 0 Å². The first kappa shape index (κ1) is 17.8. The van der Waals surface area contributed by atoms with Crippen LogP contribution < -0.4 is 0 Å². The van der Waals surface area contributed by atoms with Crippen molar-refractivity contribution in [2.75, 3.05) is 6.54 Å². The van der Waals surface area contributed by atoms with Gasteiger partial charge in [-0.25, -0.2) is 4.79 Å². The van der Waals surface area contributed by atoms with Gasteiger partial charge < -0.3 is 9.64 Å². The van der Waals surface area contributed by atoms with Crippen molar-refractivity contribution in [1.82, 2.24) is 4.90 Å². The van der Waals surface area contributed by atoms with Gasteiger partial charge in [0.25, 0.3) is 0 Å². The number of nitrogens with zero attached hydrogens (tertiary/aromatic N) is 1. The van der Waals surface area contributed by atoms with Gasteiger partial charge in [-0.3, -0.25) is 4.79 Å². The van der Waals surface area contributed by atoms with Crippen LogP contribution in [0.3, 0.4) is 0 Å². The molecule has 2 saturated carbocycles. The molecule has 0 aromatic heterocycles. The zero-order valence-electron chi connectivity index (χ0n) is 16.1. The summed E-state index contributed by atoms with van der Waals surface area (Å²) in [6.45, 7) is 13.3. The minimum atomic E-state index is -0.455. The number of likely N-dealkylation sites (tertiary alicyclic amines) is 1. The number of hydrogen-bond donors (Lipinski definition) is 0. The Morgan fingerprint density at radius 2 is 1.79 bits per heavy atom. The molecular formula is C20H33NO3. The molecule has 136 valence electrons. The molecule has 1 heterocycles. The van der Waals surface area contributed by atoms with Crippen molar-refractivity contribution >= 4 is 11.9 Å². The lowest BCUT2D eigenvalue weighted by molar-refractivity contribution is -0.166. The van der Waals surface area contributed by atoms with E-state index in [0.717, 1.165) is 25.7 Å². The quantitative estimate of drug-likeness (QED) is 0.722. The molecule has 1 aliphatic heterocycles. The van der Waals surface area contributed by atoms with Gasteiger partial charge in [0.1, 0.15) is 12.1 Å². The Bertz CT molecular complexity index is 548. The lowest BCUT2D eigenvalue weighted by Crippen LogP contribution is -2.48. The Kier molecular flexibility index (Phi) is 4.05. The molecule has 1 amide bonds. The monoisotopic (exact) mass is 335 g/mol. The van der Waals surface area contributed by atoms with Crippen molar-refractivity contribution in [3.05, 3.63) is 0 Å². The number of carbonyl (C=O) groups excluding carboxylic acids is 2. The molecule has 3 unspecified atom stereocenters. The number of esters is 1. The molecule has 0 N–H and O–H groups in total. The molecule has 1 saturated heterocycles. The Labute approximate surface area is 146 Å². The van der Waals surface area contributed by atoms with Crippen LogP contribution in [0.2, 0.25) is 0 Å². The summed E-state index contributed by atoms with van der Waals surface area (Å²) >= 11 is 0. The fourth-order valence-corrected chi connectivity index (χ4v) is 5.21. The maximum Gasteiger partial charge on any atom is 0.329 e. The molecule has 2 bridgehead atoms. The van der Waals surface area contributed by atoms with Gasteiger partial charge in [-0.1, -0.05) is 41.5 Å². The first-order valence-electron chi connectivity index (χ1n) is 9.50. The lowest BCUT2D eigenvalue weighted by atomic mass is 9.70. The summed E-state index contributed by atoms with van der Waals surface area (Å²) in [5, 5.41) is 0. The second-order valence-corrected chi connectivity index (χ2v) is 9.94. The predicted molar refractivity (Wildman–Crippen MR) is 93.3 cm³/mol. The first-order chi connectivity index (χ1) is 11.0. The third kappa shape index (κ3) is 2.48. The zero-order chi connectivity index (χ0) is 17.9. The van der Waals surface area contributed by atoms with E-state index < -0.39 is 5.41 Å². The molecule has 2 aliphatic carbocycles. The van der Waals surface area contributed by atoms with Gasteiger partial charge in [-0.05, 0) is 43.4 Å². The average molecular weight is 335 g/mol. The summed E-state index contributed by atoms with van der Waals surface area (Å²) in [7, 11) is 0. The summed E-state index contributed by atoms with van der Waals surface area (Å²) in [5.41, 5.74) is -0.150. The van der Waals surface area contributed by atoms with Crippen LogP contribution in [0, 0.1) is 22.2 Å². The van der Waals surface area contributed by atoms with Crippen molar-refractivity contribution in [2.24, 2.45) is 22.2 Å². The molecule has 0 spiro atoms. The van der Waals surface area contributed by atoms with Gasteiger partial charge in [-0.15, -0.1) is 0 Å². The van der Waals surface area contributed by atoms with E-state index in [1.54, 1.807) is 4.90 Å². The third-order valence-electron chi connectivity index (χ3n) is 7.40. The summed E-state index contributed by atoms with van der Waals surface area (Å²) in [4.78, 5) is 27.2. The van der Waals surface area contributed by atoms with Crippen molar-refractivity contribution < 1.29 is 14.3 Å². The largest absolute Gasteiger partial charge is 0.460 e. The molecule has 3 rings (SSSR count). The van der Waals surface area contributed by atoms with Crippen LogP contribution in [0.15, 0.2) is 0 Å². The molecular weight excluding hydrogens is 302 g/mol. The summed E-state index contributed by atoms with van der Waals surface area (Å²) in [6.07, 6.45) is 4.99. The molecule has 4 nitrogen and oxygen atoms in total. The zero-order valence-corrected chi connectivity index (χ0v) is 16.1. The van der Waals surface area contributed by atoms with Crippen LogP contribution in [0.4, 0.5) is 0 Å². The second kappa shape index (κ2) is 5.47. The van der Waals surface area contributed by atoms with Crippen LogP contribution >= 0.6 is 0 Å². The van der Waals surface area contributed by atoms with E-state index in [-0.39, 0.29) is 34.9 Å². The third-order valence-corrected chi connectivity index (χ3v) is 7.40. The highest BCUT2D eigenvalue weighted by Crippen LogP contribution is 2.66. The normalized spacial score (nSPS) is 37.8. The van der Waals surface area contributed by atoms with Crippen molar-refractivity contribution in [2.45, 2.75) is 85.8 Å². The minimum Gasteiger partial charge on any atom is -0.460 e. The Morgan fingerprint density at radius 1 is 1.12 bits per heavy atom. The topological polar surface area (TPSA) is 46.6 Å². The summed E-state index contributed by atoms with van der Waals surface area (Å²) in [6, 6.07) is -0.387. The molecule has 3 aliphatic rings. The Hall–Kier alpha value is -1.06. The predicted octanol–water partition coefficient (Wildman–Crippen LogP) is 3.78. The lowest BCUT2D eigenvalue weighted by Gasteiger charge is -2.39. The Morgan fingerprint density at radius 3 is 2.29 bits per heavy atom. The van der Waals surface area contributed by atoms with Crippen LogP contribution in [0.5, 0.6) is 0 Å². The number of fused-ring (bicyclic) bond motifs is 2. The number of amides is 1. The standard InChI is InChI=1S/C20H33NO3/c1-18(2,3)17(23)21-11-7-8-14(21)16(22)24-15-12-13-9-10-20(15,6)19(13,4)5/h13-15H,7-12H2,1-6H3/t13?,14-,15?,20?/m0/s1. The van der Waals surface area contributed by atoms with Crippen LogP contribution in [-0.4, -0.2) is 35.5 Å². The van der Waals surface area contributed by atoms with E-state index in [1.165, 1.54) is 6.42 Å². The van der Waals surface area contributed by atoms with Crippen molar-refractivity contribution in [3.8, 4) is 0 Å². The number of ether oxygens (including phenoxy) is 1. The maximum atomic E-state index is 12.9. The molecule has 3 fully saturated rings. The molecule has 0 radical (unpaired) electrons. The highest BCUT2D eigenvalue weighted by atomic mass is 16.5. The second-order valence-electron chi connectivity index (χ2n) is 9.94. The summed E-state index contributed by atoms with van der Waals surface area (Å²) < 4.78 is 6.03. The SMILES string of the molecule is CC(C)(C)C(=O)N1CCC[C@H]1C(=O)OC1CC2CCC1(C)C2(C)C. The Balaban J connectivity index is 1.71. The number of rotatable bonds is 2. The van der Waals surface area contributed by atoms with E-state index in [4.69, 9.17) is 4.74 Å². The fraction of sp³-hybridized carbons (Fsp3) is 0.900. The maximum absolute atomic E-state index is 12.9. The molecule has 0 aromatic rings. The van der Waals surface area contributed by atoms with Gasteiger partial charge in [0.15, 0.2) is 0 Å². The van der Waals surface area contributed by atoms with Crippen LogP contribution in [0.1, 0.15) is 73.6 Å². The summed E-state index contributed by atoms with van der Waals surface area (Å²) in [5.74, 6) is 0.525. The minimum absolute atomic E-state index is 0.00550. The molecule has 4 atom stereocenters. The average Bonchev–Trinajstić information content (AvgIpc) is 3.08. The number of hydrogen-bond acceptors (Lipinski definition) is 3. The fourth-order valence-electron chi connectivity index (χ4n) is 5.21.